The highest BCUT2D eigenvalue weighted by molar-refractivity contribution is 9.11. The molecule has 4 heteroatoms. The lowest BCUT2D eigenvalue weighted by Crippen LogP contribution is -2.28. The summed E-state index contributed by atoms with van der Waals surface area (Å²) in [4.78, 5) is 0. The fourth-order valence-corrected chi connectivity index (χ4v) is 2.35. The van der Waals surface area contributed by atoms with Gasteiger partial charge < -0.3 is 10.6 Å². The van der Waals surface area contributed by atoms with Gasteiger partial charge in [-0.15, -0.1) is 0 Å². The zero-order valence-corrected chi connectivity index (χ0v) is 12.3. The maximum atomic E-state index is 3.56. The van der Waals surface area contributed by atoms with E-state index in [4.69, 9.17) is 0 Å². The second-order valence-corrected chi connectivity index (χ2v) is 5.91. The Morgan fingerprint density at radius 1 is 1.19 bits per heavy atom. The van der Waals surface area contributed by atoms with Gasteiger partial charge in [0.25, 0.3) is 0 Å². The second-order valence-electron chi connectivity index (χ2n) is 4.14. The molecule has 1 aromatic rings. The van der Waals surface area contributed by atoms with Gasteiger partial charge in [-0.05, 0) is 36.6 Å². The Labute approximate surface area is 113 Å². The van der Waals surface area contributed by atoms with Crippen LogP contribution < -0.4 is 10.6 Å². The molecular formula is C12H16Br2N2. The number of hydrogen-bond acceptors (Lipinski definition) is 2. The molecule has 0 spiro atoms. The third kappa shape index (κ3) is 4.17. The van der Waals surface area contributed by atoms with Crippen LogP contribution in [0.2, 0.25) is 0 Å². The van der Waals surface area contributed by atoms with Crippen LogP contribution in [-0.2, 0) is 6.54 Å². The van der Waals surface area contributed by atoms with Crippen LogP contribution in [0.1, 0.15) is 18.4 Å². The first-order valence-electron chi connectivity index (χ1n) is 5.64. The molecule has 2 N–H and O–H groups in total. The van der Waals surface area contributed by atoms with Crippen molar-refractivity contribution in [2.24, 2.45) is 0 Å². The predicted molar refractivity (Wildman–Crippen MR) is 74.6 cm³/mol. The van der Waals surface area contributed by atoms with E-state index < -0.39 is 0 Å². The van der Waals surface area contributed by atoms with Crippen molar-refractivity contribution in [3.05, 3.63) is 32.7 Å². The Bertz CT molecular complexity index is 351. The van der Waals surface area contributed by atoms with E-state index in [0.29, 0.717) is 0 Å². The topological polar surface area (TPSA) is 24.1 Å². The molecule has 0 aliphatic heterocycles. The first-order chi connectivity index (χ1) is 7.75. The van der Waals surface area contributed by atoms with Crippen molar-refractivity contribution in [1.82, 2.24) is 10.6 Å². The van der Waals surface area contributed by atoms with E-state index in [0.717, 1.165) is 30.1 Å². The van der Waals surface area contributed by atoms with E-state index in [1.165, 1.54) is 22.9 Å². The minimum Gasteiger partial charge on any atom is -0.313 e. The Kier molecular flexibility index (Phi) is 4.82. The highest BCUT2D eigenvalue weighted by atomic mass is 79.9. The predicted octanol–water partition coefficient (Wildman–Crippen LogP) is 3.05. The zero-order chi connectivity index (χ0) is 11.4. The summed E-state index contributed by atoms with van der Waals surface area (Å²) in [5.41, 5.74) is 1.29. The molecule has 16 heavy (non-hydrogen) atoms. The van der Waals surface area contributed by atoms with Gasteiger partial charge in [0.15, 0.2) is 0 Å². The minimum atomic E-state index is 0.805. The largest absolute Gasteiger partial charge is 0.313 e. The number of rotatable bonds is 6. The van der Waals surface area contributed by atoms with Crippen molar-refractivity contribution in [2.75, 3.05) is 13.1 Å². The van der Waals surface area contributed by atoms with Crippen LogP contribution in [-0.4, -0.2) is 19.1 Å². The summed E-state index contributed by atoms with van der Waals surface area (Å²) in [5, 5.41) is 6.92. The van der Waals surface area contributed by atoms with E-state index >= 15 is 0 Å². The second kappa shape index (κ2) is 6.15. The van der Waals surface area contributed by atoms with Crippen LogP contribution in [0.4, 0.5) is 0 Å². The van der Waals surface area contributed by atoms with Gasteiger partial charge in [0.1, 0.15) is 0 Å². The lowest BCUT2D eigenvalue weighted by atomic mass is 10.2. The monoisotopic (exact) mass is 346 g/mol. The normalized spacial score (nSPS) is 15.4. The molecule has 0 unspecified atom stereocenters. The molecule has 0 saturated heterocycles. The summed E-state index contributed by atoms with van der Waals surface area (Å²) in [6, 6.07) is 7.07. The highest BCUT2D eigenvalue weighted by Crippen LogP contribution is 2.21. The van der Waals surface area contributed by atoms with Gasteiger partial charge >= 0.3 is 0 Å². The van der Waals surface area contributed by atoms with E-state index in [1.54, 1.807) is 0 Å². The highest BCUT2D eigenvalue weighted by Gasteiger charge is 2.19. The van der Waals surface area contributed by atoms with Crippen molar-refractivity contribution < 1.29 is 0 Å². The summed E-state index contributed by atoms with van der Waals surface area (Å²) in [6.07, 6.45) is 2.72. The van der Waals surface area contributed by atoms with Crippen molar-refractivity contribution in [3.63, 3.8) is 0 Å². The number of nitrogens with one attached hydrogen (secondary N) is 2. The van der Waals surface area contributed by atoms with Crippen LogP contribution in [0.3, 0.4) is 0 Å². The molecule has 1 fully saturated rings. The van der Waals surface area contributed by atoms with Crippen molar-refractivity contribution in [2.45, 2.75) is 25.4 Å². The Hall–Kier alpha value is 0.1000. The Balaban J connectivity index is 1.69. The number of hydrogen-bond donors (Lipinski definition) is 2. The molecule has 1 aliphatic carbocycles. The van der Waals surface area contributed by atoms with E-state index in [-0.39, 0.29) is 0 Å². The van der Waals surface area contributed by atoms with Crippen molar-refractivity contribution in [1.29, 1.82) is 0 Å². The van der Waals surface area contributed by atoms with Crippen LogP contribution >= 0.6 is 31.9 Å². The summed E-state index contributed by atoms with van der Waals surface area (Å²) >= 11 is 7.04. The van der Waals surface area contributed by atoms with Crippen molar-refractivity contribution in [3.8, 4) is 0 Å². The molecule has 0 heterocycles. The summed E-state index contributed by atoms with van der Waals surface area (Å²) in [5.74, 6) is 0. The zero-order valence-electron chi connectivity index (χ0n) is 9.10. The molecular weight excluding hydrogens is 332 g/mol. The van der Waals surface area contributed by atoms with Gasteiger partial charge in [0, 0.05) is 34.6 Å². The molecule has 88 valence electrons. The lowest BCUT2D eigenvalue weighted by molar-refractivity contribution is 0.608. The summed E-state index contributed by atoms with van der Waals surface area (Å²) in [6.45, 7) is 3.00. The first-order valence-corrected chi connectivity index (χ1v) is 7.22. The van der Waals surface area contributed by atoms with Crippen LogP contribution in [0.15, 0.2) is 27.1 Å². The molecule has 0 aromatic heterocycles. The molecule has 1 aliphatic rings. The maximum Gasteiger partial charge on any atom is 0.0221 e. The fourth-order valence-electron chi connectivity index (χ4n) is 1.55. The van der Waals surface area contributed by atoms with Gasteiger partial charge in [-0.25, -0.2) is 0 Å². The average molecular weight is 348 g/mol. The number of benzene rings is 1. The van der Waals surface area contributed by atoms with E-state index in [2.05, 4.69) is 54.6 Å². The van der Waals surface area contributed by atoms with Gasteiger partial charge in [-0.3, -0.25) is 0 Å². The Morgan fingerprint density at radius 3 is 2.75 bits per heavy atom. The van der Waals surface area contributed by atoms with E-state index in [9.17, 15) is 0 Å². The molecule has 0 amide bonds. The minimum absolute atomic E-state index is 0.805. The van der Waals surface area contributed by atoms with Crippen LogP contribution in [0.25, 0.3) is 0 Å². The summed E-state index contributed by atoms with van der Waals surface area (Å²) < 4.78 is 2.29. The van der Waals surface area contributed by atoms with Gasteiger partial charge in [0.05, 0.1) is 0 Å². The lowest BCUT2D eigenvalue weighted by Gasteiger charge is -2.08. The molecule has 2 nitrogen and oxygen atoms in total. The molecule has 1 aromatic carbocycles. The SMILES string of the molecule is Brc1ccc(Br)c(CNCCNC2CC2)c1. The maximum absolute atomic E-state index is 3.56. The van der Waals surface area contributed by atoms with Gasteiger partial charge in [-0.2, -0.15) is 0 Å². The van der Waals surface area contributed by atoms with Crippen molar-refractivity contribution >= 4 is 31.9 Å². The van der Waals surface area contributed by atoms with Crippen LogP contribution in [0, 0.1) is 0 Å². The van der Waals surface area contributed by atoms with Gasteiger partial charge in [-0.1, -0.05) is 31.9 Å². The third-order valence-electron chi connectivity index (χ3n) is 2.64. The van der Waals surface area contributed by atoms with E-state index in [1.807, 2.05) is 6.07 Å². The molecule has 0 radical (unpaired) electrons. The third-order valence-corrected chi connectivity index (χ3v) is 3.90. The first kappa shape index (κ1) is 12.6. The molecule has 1 saturated carbocycles. The average Bonchev–Trinajstić information content (AvgIpc) is 3.06. The van der Waals surface area contributed by atoms with Gasteiger partial charge in [0.2, 0.25) is 0 Å². The smallest absolute Gasteiger partial charge is 0.0221 e. The fraction of sp³-hybridized carbons (Fsp3) is 0.500. The molecule has 2 rings (SSSR count). The van der Waals surface area contributed by atoms with Crippen LogP contribution in [0.5, 0.6) is 0 Å². The quantitative estimate of drug-likeness (QED) is 0.773. The molecule has 0 bridgehead atoms. The Morgan fingerprint density at radius 2 is 2.00 bits per heavy atom. The standard InChI is InChI=1S/C12H16Br2N2/c13-10-1-4-12(14)9(7-10)8-15-5-6-16-11-2-3-11/h1,4,7,11,15-16H,2-3,5-6,8H2. The molecule has 0 atom stereocenters. The number of halogens is 2. The summed E-state index contributed by atoms with van der Waals surface area (Å²) in [7, 11) is 0.